The number of rotatable bonds is 7. The van der Waals surface area contributed by atoms with Crippen LogP contribution in [0, 0.1) is 6.92 Å². The van der Waals surface area contributed by atoms with Crippen molar-refractivity contribution in [2.75, 3.05) is 11.1 Å². The molecule has 168 valence electrons. The molecule has 0 saturated carbocycles. The minimum Gasteiger partial charge on any atom is -0.469 e. The first kappa shape index (κ1) is 21.5. The fourth-order valence-electron chi connectivity index (χ4n) is 4.01. The summed E-state index contributed by atoms with van der Waals surface area (Å²) in [7, 11) is 0. The van der Waals surface area contributed by atoms with Gasteiger partial charge in [-0.1, -0.05) is 30.0 Å². The van der Waals surface area contributed by atoms with E-state index < -0.39 is 5.91 Å². The number of aryl methyl sites for hydroxylation is 2. The predicted octanol–water partition coefficient (Wildman–Crippen LogP) is 4.22. The fourth-order valence-corrected chi connectivity index (χ4v) is 6.07. The van der Waals surface area contributed by atoms with Gasteiger partial charge in [-0.3, -0.25) is 14.2 Å². The molecular formula is C23H21N5O3S2. The zero-order chi connectivity index (χ0) is 22.9. The van der Waals surface area contributed by atoms with Crippen molar-refractivity contribution in [2.45, 2.75) is 31.3 Å². The number of carbonyl (C=O) groups is 2. The molecule has 5 rings (SSSR count). The van der Waals surface area contributed by atoms with Crippen LogP contribution in [0.5, 0.6) is 0 Å². The summed E-state index contributed by atoms with van der Waals surface area (Å²) in [6.45, 7) is 1.87. The van der Waals surface area contributed by atoms with Gasteiger partial charge in [-0.05, 0) is 49.9 Å². The number of para-hydroxylation sites is 1. The predicted molar refractivity (Wildman–Crippen MR) is 128 cm³/mol. The number of nitrogens with zero attached hydrogens (tertiary/aromatic N) is 3. The zero-order valence-corrected chi connectivity index (χ0v) is 19.5. The van der Waals surface area contributed by atoms with Crippen LogP contribution in [-0.2, 0) is 17.6 Å². The van der Waals surface area contributed by atoms with E-state index in [0.29, 0.717) is 21.5 Å². The van der Waals surface area contributed by atoms with Gasteiger partial charge in [-0.2, -0.15) is 0 Å². The molecule has 0 bridgehead atoms. The second-order valence-corrected chi connectivity index (χ2v) is 9.68. The summed E-state index contributed by atoms with van der Waals surface area (Å²) in [6, 6.07) is 11.6. The minimum absolute atomic E-state index is 0.107. The first-order chi connectivity index (χ1) is 16.0. The van der Waals surface area contributed by atoms with Crippen LogP contribution in [0.15, 0.2) is 52.2 Å². The molecule has 8 nitrogen and oxygen atoms in total. The molecule has 1 aliphatic rings. The number of fused-ring (bicyclic) bond motifs is 1. The molecule has 3 aromatic heterocycles. The highest BCUT2D eigenvalue weighted by atomic mass is 32.2. The van der Waals surface area contributed by atoms with Gasteiger partial charge in [0.1, 0.15) is 10.8 Å². The third kappa shape index (κ3) is 4.07. The van der Waals surface area contributed by atoms with Gasteiger partial charge in [0.15, 0.2) is 11.0 Å². The number of hydrogen-bond donors (Lipinski definition) is 2. The SMILES string of the molecule is Cc1occc1-c1nnc(SCC(=O)Nc2sc3c(c2C(N)=O)CCC3)n1-c1ccccc1. The molecule has 4 aromatic rings. The van der Waals surface area contributed by atoms with Crippen molar-refractivity contribution in [2.24, 2.45) is 5.73 Å². The van der Waals surface area contributed by atoms with Crippen LogP contribution in [0.25, 0.3) is 17.1 Å². The van der Waals surface area contributed by atoms with Gasteiger partial charge in [0, 0.05) is 10.6 Å². The number of thiophene rings is 1. The molecule has 10 heteroatoms. The second kappa shape index (κ2) is 8.87. The van der Waals surface area contributed by atoms with E-state index in [4.69, 9.17) is 10.2 Å². The van der Waals surface area contributed by atoms with Crippen molar-refractivity contribution in [3.05, 3.63) is 64.4 Å². The third-order valence-electron chi connectivity index (χ3n) is 5.50. The van der Waals surface area contributed by atoms with Crippen molar-refractivity contribution in [1.82, 2.24) is 14.8 Å². The largest absolute Gasteiger partial charge is 0.469 e. The van der Waals surface area contributed by atoms with Crippen LogP contribution in [0.3, 0.4) is 0 Å². The van der Waals surface area contributed by atoms with Crippen LogP contribution in [0.4, 0.5) is 5.00 Å². The van der Waals surface area contributed by atoms with Crippen LogP contribution in [-0.4, -0.2) is 32.3 Å². The van der Waals surface area contributed by atoms with Gasteiger partial charge < -0.3 is 15.5 Å². The van der Waals surface area contributed by atoms with E-state index in [9.17, 15) is 9.59 Å². The van der Waals surface area contributed by atoms with Crippen molar-refractivity contribution < 1.29 is 14.0 Å². The van der Waals surface area contributed by atoms with Crippen LogP contribution in [0.1, 0.15) is 33.0 Å². The molecule has 0 atom stereocenters. The van der Waals surface area contributed by atoms with E-state index in [0.717, 1.165) is 46.7 Å². The topological polar surface area (TPSA) is 116 Å². The van der Waals surface area contributed by atoms with Crippen LogP contribution >= 0.6 is 23.1 Å². The monoisotopic (exact) mass is 479 g/mol. The summed E-state index contributed by atoms with van der Waals surface area (Å²) in [4.78, 5) is 25.9. The number of hydrogen-bond acceptors (Lipinski definition) is 7. The van der Waals surface area contributed by atoms with Gasteiger partial charge in [0.25, 0.3) is 5.91 Å². The maximum absolute atomic E-state index is 12.8. The first-order valence-corrected chi connectivity index (χ1v) is 12.3. The van der Waals surface area contributed by atoms with E-state index in [-0.39, 0.29) is 11.7 Å². The molecule has 0 radical (unpaired) electrons. The third-order valence-corrected chi connectivity index (χ3v) is 7.64. The van der Waals surface area contributed by atoms with E-state index in [1.165, 1.54) is 23.1 Å². The summed E-state index contributed by atoms with van der Waals surface area (Å²) in [6.07, 6.45) is 4.37. The molecule has 0 fully saturated rings. The van der Waals surface area contributed by atoms with E-state index in [1.807, 2.05) is 47.9 Å². The summed E-state index contributed by atoms with van der Waals surface area (Å²) in [5.74, 6) is 0.753. The molecular weight excluding hydrogens is 458 g/mol. The minimum atomic E-state index is -0.499. The van der Waals surface area contributed by atoms with E-state index in [2.05, 4.69) is 15.5 Å². The molecule has 0 saturated heterocycles. The van der Waals surface area contributed by atoms with Crippen molar-refractivity contribution in [3.63, 3.8) is 0 Å². The lowest BCUT2D eigenvalue weighted by Gasteiger charge is -2.10. The number of benzene rings is 1. The smallest absolute Gasteiger partial charge is 0.251 e. The second-order valence-electron chi connectivity index (χ2n) is 7.63. The molecule has 3 heterocycles. The Morgan fingerprint density at radius 1 is 1.21 bits per heavy atom. The Bertz CT molecular complexity index is 1340. The number of thioether (sulfide) groups is 1. The molecule has 3 N–H and O–H groups in total. The van der Waals surface area contributed by atoms with Crippen LogP contribution in [0.2, 0.25) is 0 Å². The molecule has 1 aromatic carbocycles. The average Bonchev–Trinajstić information content (AvgIpc) is 3.56. The quantitative estimate of drug-likeness (QED) is 0.384. The van der Waals surface area contributed by atoms with Crippen LogP contribution < -0.4 is 11.1 Å². The lowest BCUT2D eigenvalue weighted by molar-refractivity contribution is -0.113. The summed E-state index contributed by atoms with van der Waals surface area (Å²) >= 11 is 2.72. The molecule has 2 amide bonds. The normalized spacial score (nSPS) is 12.6. The van der Waals surface area contributed by atoms with Gasteiger partial charge in [0.05, 0.1) is 23.1 Å². The highest BCUT2D eigenvalue weighted by Gasteiger charge is 2.26. The standard InChI is InChI=1S/C23H21N5O3S2/c1-13-15(10-11-31-13)21-26-27-23(28(21)14-6-3-2-4-7-14)32-12-18(29)25-22-19(20(24)30)16-8-5-9-17(16)33-22/h2-4,6-7,10-11H,5,8-9,12H2,1H3,(H2,24,30)(H,25,29). The average molecular weight is 480 g/mol. The Morgan fingerprint density at radius 2 is 2.03 bits per heavy atom. The number of aromatic nitrogens is 3. The number of furan rings is 1. The highest BCUT2D eigenvalue weighted by Crippen LogP contribution is 2.39. The molecule has 1 aliphatic carbocycles. The Hall–Kier alpha value is -3.37. The highest BCUT2D eigenvalue weighted by molar-refractivity contribution is 7.99. The van der Waals surface area contributed by atoms with E-state index in [1.54, 1.807) is 6.26 Å². The number of carbonyl (C=O) groups excluding carboxylic acids is 2. The summed E-state index contributed by atoms with van der Waals surface area (Å²) < 4.78 is 7.36. The number of anilines is 1. The number of amides is 2. The Labute approximate surface area is 198 Å². The van der Waals surface area contributed by atoms with Gasteiger partial charge in [-0.15, -0.1) is 21.5 Å². The van der Waals surface area contributed by atoms with Gasteiger partial charge in [-0.25, -0.2) is 0 Å². The maximum Gasteiger partial charge on any atom is 0.251 e. The number of nitrogens with one attached hydrogen (secondary N) is 1. The Balaban J connectivity index is 1.39. The van der Waals surface area contributed by atoms with Gasteiger partial charge >= 0.3 is 0 Å². The Kier molecular flexibility index (Phi) is 5.77. The lowest BCUT2D eigenvalue weighted by atomic mass is 10.1. The van der Waals surface area contributed by atoms with Gasteiger partial charge in [0.2, 0.25) is 5.91 Å². The van der Waals surface area contributed by atoms with Crippen molar-refractivity contribution in [1.29, 1.82) is 0 Å². The first-order valence-electron chi connectivity index (χ1n) is 10.4. The molecule has 0 aliphatic heterocycles. The Morgan fingerprint density at radius 3 is 2.76 bits per heavy atom. The number of primary amides is 1. The lowest BCUT2D eigenvalue weighted by Crippen LogP contribution is -2.19. The van der Waals surface area contributed by atoms with Crippen molar-refractivity contribution in [3.8, 4) is 17.1 Å². The summed E-state index contributed by atoms with van der Waals surface area (Å²) in [5, 5.41) is 12.7. The summed E-state index contributed by atoms with van der Waals surface area (Å²) in [5.41, 5.74) is 8.76. The van der Waals surface area contributed by atoms with E-state index >= 15 is 0 Å². The maximum atomic E-state index is 12.8. The number of nitrogens with two attached hydrogens (primary N) is 1. The molecule has 0 unspecified atom stereocenters. The molecule has 33 heavy (non-hydrogen) atoms. The zero-order valence-electron chi connectivity index (χ0n) is 17.8. The fraction of sp³-hybridized carbons (Fsp3) is 0.217. The van der Waals surface area contributed by atoms with Crippen molar-refractivity contribution >= 4 is 39.9 Å². The molecule has 0 spiro atoms.